The van der Waals surface area contributed by atoms with Crippen LogP contribution >= 0.6 is 0 Å². The molecule has 0 radical (unpaired) electrons. The van der Waals surface area contributed by atoms with Gasteiger partial charge in [0.2, 0.25) is 5.91 Å². The van der Waals surface area contributed by atoms with Gasteiger partial charge in [0.25, 0.3) is 0 Å². The maximum Gasteiger partial charge on any atom is 0.229 e. The van der Waals surface area contributed by atoms with Crippen LogP contribution in [-0.2, 0) is 11.3 Å². The summed E-state index contributed by atoms with van der Waals surface area (Å²) in [6, 6.07) is 8.44. The van der Waals surface area contributed by atoms with Gasteiger partial charge in [0.1, 0.15) is 5.75 Å². The molecule has 1 aromatic carbocycles. The van der Waals surface area contributed by atoms with Crippen LogP contribution in [0.15, 0.2) is 24.3 Å². The maximum absolute atomic E-state index is 13.2. The highest BCUT2D eigenvalue weighted by atomic mass is 16.5. The van der Waals surface area contributed by atoms with E-state index in [4.69, 9.17) is 4.74 Å². The number of carbonyl (C=O) groups is 1. The second kappa shape index (κ2) is 7.34. The monoisotopic (exact) mass is 385 g/mol. The number of fused-ring (bicyclic) bond motifs is 2. The highest BCUT2D eigenvalue weighted by Crippen LogP contribution is 2.62. The zero-order valence-corrected chi connectivity index (χ0v) is 17.9. The number of amides is 1. The quantitative estimate of drug-likeness (QED) is 0.798. The van der Waals surface area contributed by atoms with Gasteiger partial charge in [-0.15, -0.1) is 0 Å². The van der Waals surface area contributed by atoms with Crippen molar-refractivity contribution in [3.63, 3.8) is 0 Å². The minimum absolute atomic E-state index is 0.142. The molecule has 154 valence electrons. The fraction of sp³-hybridized carbons (Fsp3) is 0.696. The Bertz CT molecular complexity index is 709. The number of hydrogen-bond donors (Lipinski definition) is 0. The summed E-state index contributed by atoms with van der Waals surface area (Å²) in [6.07, 6.45) is 4.74. The molecule has 2 aliphatic heterocycles. The Kier molecular flexibility index (Phi) is 5.17. The normalized spacial score (nSPS) is 29.8. The Morgan fingerprint density at radius 1 is 1.14 bits per heavy atom. The molecule has 2 atom stereocenters. The van der Waals surface area contributed by atoms with Gasteiger partial charge in [-0.3, -0.25) is 9.69 Å². The largest absolute Gasteiger partial charge is 0.497 e. The van der Waals surface area contributed by atoms with Gasteiger partial charge >= 0.3 is 0 Å². The van der Waals surface area contributed by atoms with Crippen LogP contribution in [0.25, 0.3) is 0 Å². The number of piperidine rings is 1. The molecule has 1 amide bonds. The fourth-order valence-electron chi connectivity index (χ4n) is 6.34. The molecule has 2 saturated heterocycles. The van der Waals surface area contributed by atoms with Crippen LogP contribution in [0.1, 0.15) is 31.2 Å². The zero-order chi connectivity index (χ0) is 19.9. The van der Waals surface area contributed by atoms with Crippen molar-refractivity contribution < 1.29 is 9.53 Å². The Morgan fingerprint density at radius 3 is 2.43 bits per heavy atom. The third-order valence-corrected chi connectivity index (χ3v) is 7.77. The van der Waals surface area contributed by atoms with E-state index in [0.717, 1.165) is 44.9 Å². The molecule has 1 saturated carbocycles. The molecule has 3 fully saturated rings. The van der Waals surface area contributed by atoms with E-state index in [1.165, 1.54) is 24.8 Å². The number of benzene rings is 1. The molecule has 5 nitrogen and oxygen atoms in total. The van der Waals surface area contributed by atoms with Crippen LogP contribution in [0.4, 0.5) is 0 Å². The van der Waals surface area contributed by atoms with E-state index in [1.54, 1.807) is 7.11 Å². The molecule has 1 spiro atoms. The van der Waals surface area contributed by atoms with Crippen LogP contribution in [0.5, 0.6) is 5.75 Å². The first-order chi connectivity index (χ1) is 13.4. The number of methoxy groups -OCH3 is 1. The molecular weight excluding hydrogens is 350 g/mol. The Hall–Kier alpha value is -1.59. The highest BCUT2D eigenvalue weighted by Gasteiger charge is 2.63. The average Bonchev–Trinajstić information content (AvgIpc) is 3.18. The predicted molar refractivity (Wildman–Crippen MR) is 111 cm³/mol. The predicted octanol–water partition coefficient (Wildman–Crippen LogP) is 2.71. The van der Waals surface area contributed by atoms with Crippen molar-refractivity contribution in [3.05, 3.63) is 29.8 Å². The lowest BCUT2D eigenvalue weighted by Crippen LogP contribution is -2.48. The molecule has 3 aliphatic rings. The molecule has 0 unspecified atom stereocenters. The molecule has 0 aromatic heterocycles. The molecule has 4 rings (SSSR count). The van der Waals surface area contributed by atoms with Gasteiger partial charge in [-0.05, 0) is 74.8 Å². The van der Waals surface area contributed by atoms with Gasteiger partial charge in [0.15, 0.2) is 0 Å². The topological polar surface area (TPSA) is 36.0 Å². The highest BCUT2D eigenvalue weighted by molar-refractivity contribution is 5.84. The standard InChI is InChI=1S/C23H35N3O2/c1-24(2)21(27)23-10-9-22(20(23)16-25(3)17-23)11-13-26(14-12-22)15-18-5-7-19(28-4)8-6-18/h5-8,20H,9-17H2,1-4H3/t20-,23+/m0/s1. The molecule has 0 N–H and O–H groups in total. The minimum Gasteiger partial charge on any atom is -0.497 e. The van der Waals surface area contributed by atoms with E-state index in [-0.39, 0.29) is 5.41 Å². The van der Waals surface area contributed by atoms with E-state index < -0.39 is 0 Å². The summed E-state index contributed by atoms with van der Waals surface area (Å²) in [4.78, 5) is 20.0. The lowest BCUT2D eigenvalue weighted by molar-refractivity contribution is -0.141. The van der Waals surface area contributed by atoms with Crippen molar-refractivity contribution in [1.29, 1.82) is 0 Å². The summed E-state index contributed by atoms with van der Waals surface area (Å²) < 4.78 is 5.27. The molecule has 2 heterocycles. The van der Waals surface area contributed by atoms with Crippen LogP contribution in [0.3, 0.4) is 0 Å². The Balaban J connectivity index is 1.44. The maximum atomic E-state index is 13.2. The number of rotatable bonds is 4. The van der Waals surface area contributed by atoms with E-state index in [0.29, 0.717) is 17.2 Å². The van der Waals surface area contributed by atoms with E-state index >= 15 is 0 Å². The van der Waals surface area contributed by atoms with Crippen LogP contribution in [-0.4, -0.2) is 75.0 Å². The van der Waals surface area contributed by atoms with Crippen molar-refractivity contribution in [1.82, 2.24) is 14.7 Å². The summed E-state index contributed by atoms with van der Waals surface area (Å²) in [7, 11) is 7.75. The van der Waals surface area contributed by atoms with Crippen molar-refractivity contribution in [2.24, 2.45) is 16.7 Å². The molecule has 1 aromatic rings. The molecule has 28 heavy (non-hydrogen) atoms. The number of ether oxygens (including phenoxy) is 1. The lowest BCUT2D eigenvalue weighted by atomic mass is 9.65. The van der Waals surface area contributed by atoms with Gasteiger partial charge in [-0.2, -0.15) is 0 Å². The van der Waals surface area contributed by atoms with E-state index in [1.807, 2.05) is 31.1 Å². The number of nitrogens with zero attached hydrogens (tertiary/aromatic N) is 3. The molecule has 0 bridgehead atoms. The number of carbonyl (C=O) groups excluding carboxylic acids is 1. The smallest absolute Gasteiger partial charge is 0.229 e. The third-order valence-electron chi connectivity index (χ3n) is 7.77. The first kappa shape index (κ1) is 19.7. The summed E-state index contributed by atoms with van der Waals surface area (Å²) in [5.41, 5.74) is 1.56. The van der Waals surface area contributed by atoms with Gasteiger partial charge in [0, 0.05) is 33.7 Å². The summed E-state index contributed by atoms with van der Waals surface area (Å²) in [5.74, 6) is 1.79. The van der Waals surface area contributed by atoms with Crippen LogP contribution in [0.2, 0.25) is 0 Å². The second-order valence-corrected chi connectivity index (χ2v) is 9.59. The van der Waals surface area contributed by atoms with Gasteiger partial charge in [-0.1, -0.05) is 12.1 Å². The van der Waals surface area contributed by atoms with Crippen molar-refractivity contribution >= 4 is 5.91 Å². The van der Waals surface area contributed by atoms with Crippen molar-refractivity contribution in [2.45, 2.75) is 32.2 Å². The Morgan fingerprint density at radius 2 is 1.82 bits per heavy atom. The fourth-order valence-corrected chi connectivity index (χ4v) is 6.34. The Labute approximate surface area is 169 Å². The summed E-state index contributed by atoms with van der Waals surface area (Å²) >= 11 is 0. The second-order valence-electron chi connectivity index (χ2n) is 9.59. The molecule has 5 heteroatoms. The van der Waals surface area contributed by atoms with Crippen molar-refractivity contribution in [2.75, 3.05) is 54.4 Å². The third kappa shape index (κ3) is 3.22. The van der Waals surface area contributed by atoms with Crippen molar-refractivity contribution in [3.8, 4) is 5.75 Å². The van der Waals surface area contributed by atoms with E-state index in [2.05, 4.69) is 29.0 Å². The lowest BCUT2D eigenvalue weighted by Gasteiger charge is -2.44. The summed E-state index contributed by atoms with van der Waals surface area (Å²) in [6.45, 7) is 5.30. The first-order valence-corrected chi connectivity index (χ1v) is 10.6. The first-order valence-electron chi connectivity index (χ1n) is 10.6. The van der Waals surface area contributed by atoms with Gasteiger partial charge in [0.05, 0.1) is 12.5 Å². The molecular formula is C23H35N3O2. The van der Waals surface area contributed by atoms with Crippen LogP contribution in [0, 0.1) is 16.7 Å². The molecule has 1 aliphatic carbocycles. The summed E-state index contributed by atoms with van der Waals surface area (Å²) in [5, 5.41) is 0. The number of hydrogen-bond acceptors (Lipinski definition) is 4. The van der Waals surface area contributed by atoms with Gasteiger partial charge < -0.3 is 14.5 Å². The van der Waals surface area contributed by atoms with Crippen LogP contribution < -0.4 is 4.74 Å². The minimum atomic E-state index is -0.142. The number of likely N-dealkylation sites (tertiary alicyclic amines) is 2. The van der Waals surface area contributed by atoms with E-state index in [9.17, 15) is 4.79 Å². The average molecular weight is 386 g/mol. The zero-order valence-electron chi connectivity index (χ0n) is 17.9. The SMILES string of the molecule is COc1ccc(CN2CCC3(CC2)CC[C@@]2(C(=O)N(C)C)CN(C)C[C@@H]32)cc1. The van der Waals surface area contributed by atoms with Gasteiger partial charge in [-0.25, -0.2) is 0 Å².